The number of hydrogen-bond donors (Lipinski definition) is 0. The minimum absolute atomic E-state index is 0.0726. The van der Waals surface area contributed by atoms with Gasteiger partial charge in [0.1, 0.15) is 5.56 Å². The van der Waals surface area contributed by atoms with Gasteiger partial charge in [-0.25, -0.2) is 0 Å². The van der Waals surface area contributed by atoms with Crippen LogP contribution in [0.5, 0.6) is 11.8 Å². The minimum atomic E-state index is -0.0726. The van der Waals surface area contributed by atoms with Crippen molar-refractivity contribution in [1.29, 1.82) is 0 Å². The van der Waals surface area contributed by atoms with Crippen molar-refractivity contribution in [2.45, 2.75) is 6.42 Å². The lowest BCUT2D eigenvalue weighted by molar-refractivity contribution is 0.0769. The smallest absolute Gasteiger partial charge is 0.259 e. The van der Waals surface area contributed by atoms with E-state index in [2.05, 4.69) is 16.9 Å². The van der Waals surface area contributed by atoms with Crippen LogP contribution in [-0.2, 0) is 0 Å². The molecule has 6 nitrogen and oxygen atoms in total. The maximum Gasteiger partial charge on any atom is 0.259 e. The molecule has 1 unspecified atom stereocenters. The number of rotatable bonds is 5. The molecule has 0 aliphatic carbocycles. The van der Waals surface area contributed by atoms with Gasteiger partial charge in [0.25, 0.3) is 5.91 Å². The zero-order valence-corrected chi connectivity index (χ0v) is 13.1. The Morgan fingerprint density at radius 3 is 2.76 bits per heavy atom. The number of aromatic nitrogens is 1. The van der Waals surface area contributed by atoms with E-state index >= 15 is 0 Å². The Morgan fingerprint density at radius 2 is 2.19 bits per heavy atom. The lowest BCUT2D eigenvalue weighted by Gasteiger charge is -2.22. The van der Waals surface area contributed by atoms with Gasteiger partial charge >= 0.3 is 0 Å². The van der Waals surface area contributed by atoms with Crippen molar-refractivity contribution < 1.29 is 14.3 Å². The van der Waals surface area contributed by atoms with Gasteiger partial charge in [0.15, 0.2) is 0 Å². The summed E-state index contributed by atoms with van der Waals surface area (Å²) in [5, 5.41) is 0. The topological polar surface area (TPSA) is 54.9 Å². The molecule has 1 fully saturated rings. The fraction of sp³-hybridized carbons (Fsp3) is 0.600. The molecule has 0 N–H and O–H groups in total. The third kappa shape index (κ3) is 3.64. The van der Waals surface area contributed by atoms with Crippen molar-refractivity contribution in [3.05, 3.63) is 17.7 Å². The highest BCUT2D eigenvalue weighted by molar-refractivity contribution is 5.96. The third-order valence-corrected chi connectivity index (χ3v) is 3.84. The van der Waals surface area contributed by atoms with Crippen LogP contribution in [0.1, 0.15) is 16.8 Å². The highest BCUT2D eigenvalue weighted by atomic mass is 16.5. The number of carbonyl (C=O) groups excluding carboxylic acids is 1. The number of amides is 1. The third-order valence-electron chi connectivity index (χ3n) is 3.84. The number of nitrogens with zero attached hydrogens (tertiary/aromatic N) is 3. The molecule has 0 saturated carbocycles. The van der Waals surface area contributed by atoms with Crippen molar-refractivity contribution in [2.24, 2.45) is 5.92 Å². The Kier molecular flexibility index (Phi) is 5.01. The van der Waals surface area contributed by atoms with E-state index in [-0.39, 0.29) is 5.91 Å². The molecular formula is C15H23N3O3. The molecule has 2 rings (SSSR count). The summed E-state index contributed by atoms with van der Waals surface area (Å²) in [5.74, 6) is 1.19. The Balaban J connectivity index is 2.08. The zero-order valence-electron chi connectivity index (χ0n) is 13.1. The fourth-order valence-electron chi connectivity index (χ4n) is 2.71. The predicted molar refractivity (Wildman–Crippen MR) is 79.9 cm³/mol. The van der Waals surface area contributed by atoms with Crippen molar-refractivity contribution >= 4 is 5.91 Å². The molecule has 0 bridgehead atoms. The largest absolute Gasteiger partial charge is 0.481 e. The standard InChI is InChI=1S/C15H23N3O3/c1-17-8-7-11(9-17)10-18(2)15(19)12-5-6-13(20-3)16-14(12)21-4/h5-6,11H,7-10H2,1-4H3. The summed E-state index contributed by atoms with van der Waals surface area (Å²) >= 11 is 0. The molecule has 0 spiro atoms. The first-order valence-electron chi connectivity index (χ1n) is 7.08. The first-order chi connectivity index (χ1) is 10.0. The molecule has 1 aliphatic heterocycles. The average molecular weight is 293 g/mol. The minimum Gasteiger partial charge on any atom is -0.481 e. The van der Waals surface area contributed by atoms with Gasteiger partial charge in [-0.1, -0.05) is 0 Å². The van der Waals surface area contributed by atoms with E-state index in [1.165, 1.54) is 14.2 Å². The second-order valence-electron chi connectivity index (χ2n) is 5.51. The molecule has 1 amide bonds. The summed E-state index contributed by atoms with van der Waals surface area (Å²) in [6.45, 7) is 2.88. The van der Waals surface area contributed by atoms with E-state index < -0.39 is 0 Å². The Morgan fingerprint density at radius 1 is 1.43 bits per heavy atom. The lowest BCUT2D eigenvalue weighted by atomic mass is 10.1. The molecule has 1 aliphatic rings. The first-order valence-corrected chi connectivity index (χ1v) is 7.08. The summed E-state index contributed by atoms with van der Waals surface area (Å²) in [7, 11) is 6.97. The molecule has 0 aromatic carbocycles. The highest BCUT2D eigenvalue weighted by Gasteiger charge is 2.25. The molecule has 0 radical (unpaired) electrons. The Hall–Kier alpha value is -1.82. The summed E-state index contributed by atoms with van der Waals surface area (Å²) in [5.41, 5.74) is 0.465. The average Bonchev–Trinajstić information content (AvgIpc) is 2.90. The van der Waals surface area contributed by atoms with Gasteiger partial charge in [-0.15, -0.1) is 0 Å². The van der Waals surface area contributed by atoms with Gasteiger partial charge in [-0.3, -0.25) is 4.79 Å². The van der Waals surface area contributed by atoms with Gasteiger partial charge in [0.05, 0.1) is 14.2 Å². The molecule has 1 saturated heterocycles. The predicted octanol–water partition coefficient (Wildman–Crippen LogP) is 1.12. The maximum absolute atomic E-state index is 12.5. The van der Waals surface area contributed by atoms with Crippen molar-refractivity contribution in [1.82, 2.24) is 14.8 Å². The van der Waals surface area contributed by atoms with Crippen molar-refractivity contribution in [3.63, 3.8) is 0 Å². The normalized spacial score (nSPS) is 18.6. The number of methoxy groups -OCH3 is 2. The van der Waals surface area contributed by atoms with Gasteiger partial charge in [-0.05, 0) is 32.0 Å². The quantitative estimate of drug-likeness (QED) is 0.814. The number of hydrogen-bond acceptors (Lipinski definition) is 5. The van der Waals surface area contributed by atoms with Crippen LogP contribution in [0.4, 0.5) is 0 Å². The van der Waals surface area contributed by atoms with Crippen LogP contribution in [0, 0.1) is 5.92 Å². The van der Waals surface area contributed by atoms with Gasteiger partial charge < -0.3 is 19.3 Å². The molecule has 116 valence electrons. The van der Waals surface area contributed by atoms with Crippen molar-refractivity contribution in [2.75, 3.05) is 47.9 Å². The van der Waals surface area contributed by atoms with E-state index in [0.717, 1.165) is 26.1 Å². The maximum atomic E-state index is 12.5. The SMILES string of the molecule is COc1ccc(C(=O)N(C)CC2CCN(C)C2)c(OC)n1. The number of likely N-dealkylation sites (tertiary alicyclic amines) is 1. The van der Waals surface area contributed by atoms with E-state index in [4.69, 9.17) is 9.47 Å². The molecule has 1 aromatic rings. The summed E-state index contributed by atoms with van der Waals surface area (Å²) in [4.78, 5) is 20.7. The molecule has 1 atom stereocenters. The van der Waals surface area contributed by atoms with E-state index in [1.807, 2.05) is 7.05 Å². The van der Waals surface area contributed by atoms with Gasteiger partial charge in [0.2, 0.25) is 11.8 Å². The second-order valence-corrected chi connectivity index (χ2v) is 5.51. The van der Waals surface area contributed by atoms with Crippen LogP contribution >= 0.6 is 0 Å². The lowest BCUT2D eigenvalue weighted by Crippen LogP contribution is -2.33. The summed E-state index contributed by atoms with van der Waals surface area (Å²) in [6.07, 6.45) is 1.13. The summed E-state index contributed by atoms with van der Waals surface area (Å²) in [6, 6.07) is 3.37. The number of pyridine rings is 1. The Labute approximate surface area is 125 Å². The van der Waals surface area contributed by atoms with Crippen LogP contribution in [0.3, 0.4) is 0 Å². The highest BCUT2D eigenvalue weighted by Crippen LogP contribution is 2.22. The zero-order chi connectivity index (χ0) is 15.4. The Bertz CT molecular complexity index is 507. The molecule has 6 heteroatoms. The van der Waals surface area contributed by atoms with Gasteiger partial charge in [0, 0.05) is 26.2 Å². The van der Waals surface area contributed by atoms with Gasteiger partial charge in [-0.2, -0.15) is 4.98 Å². The van der Waals surface area contributed by atoms with E-state index in [1.54, 1.807) is 17.0 Å². The van der Waals surface area contributed by atoms with E-state index in [9.17, 15) is 4.79 Å². The van der Waals surface area contributed by atoms with Crippen LogP contribution in [-0.4, -0.2) is 68.6 Å². The summed E-state index contributed by atoms with van der Waals surface area (Å²) < 4.78 is 10.2. The van der Waals surface area contributed by atoms with Crippen LogP contribution in [0.2, 0.25) is 0 Å². The van der Waals surface area contributed by atoms with Crippen LogP contribution < -0.4 is 9.47 Å². The second kappa shape index (κ2) is 6.76. The van der Waals surface area contributed by atoms with Crippen LogP contribution in [0.25, 0.3) is 0 Å². The molecule has 1 aromatic heterocycles. The van der Waals surface area contributed by atoms with Crippen molar-refractivity contribution in [3.8, 4) is 11.8 Å². The van der Waals surface area contributed by atoms with Crippen LogP contribution in [0.15, 0.2) is 12.1 Å². The monoisotopic (exact) mass is 293 g/mol. The fourth-order valence-corrected chi connectivity index (χ4v) is 2.71. The molecule has 2 heterocycles. The molecule has 21 heavy (non-hydrogen) atoms. The van der Waals surface area contributed by atoms with E-state index in [0.29, 0.717) is 23.2 Å². The number of carbonyl (C=O) groups is 1. The molecular weight excluding hydrogens is 270 g/mol. The first kappa shape index (κ1) is 15.6. The number of ether oxygens (including phenoxy) is 2.